The van der Waals surface area contributed by atoms with Gasteiger partial charge in [0.15, 0.2) is 5.69 Å². The van der Waals surface area contributed by atoms with Crippen molar-refractivity contribution in [3.05, 3.63) is 64.4 Å². The van der Waals surface area contributed by atoms with Gasteiger partial charge in [0.05, 0.1) is 22.9 Å². The van der Waals surface area contributed by atoms with Crippen LogP contribution in [0.5, 0.6) is 0 Å². The molecule has 0 unspecified atom stereocenters. The molecule has 1 aromatic carbocycles. The van der Waals surface area contributed by atoms with Crippen LogP contribution in [-0.2, 0) is 13.1 Å². The Labute approximate surface area is 146 Å². The quantitative estimate of drug-likeness (QED) is 0.725. The smallest absolute Gasteiger partial charge is 0.277 e. The molecular formula is C16H15BrFN5O. The molecule has 0 radical (unpaired) electrons. The second kappa shape index (κ2) is 6.96. The van der Waals surface area contributed by atoms with Gasteiger partial charge in [0, 0.05) is 24.5 Å². The number of halogens is 2. The molecule has 0 fully saturated rings. The maximum atomic E-state index is 13.7. The Bertz CT molecular complexity index is 873. The number of hydrogen-bond acceptors (Lipinski definition) is 3. The number of anilines is 1. The van der Waals surface area contributed by atoms with Crippen LogP contribution < -0.4 is 5.32 Å². The molecule has 3 aromatic rings. The lowest BCUT2D eigenvalue weighted by atomic mass is 10.2. The van der Waals surface area contributed by atoms with Gasteiger partial charge in [-0.15, -0.1) is 0 Å². The summed E-state index contributed by atoms with van der Waals surface area (Å²) in [6, 6.07) is 6.51. The van der Waals surface area contributed by atoms with Crippen molar-refractivity contribution >= 4 is 27.5 Å². The molecule has 124 valence electrons. The van der Waals surface area contributed by atoms with Crippen molar-refractivity contribution in [2.75, 3.05) is 5.32 Å². The summed E-state index contributed by atoms with van der Waals surface area (Å²) in [7, 11) is 0. The summed E-state index contributed by atoms with van der Waals surface area (Å²) in [5.41, 5.74) is 1.36. The van der Waals surface area contributed by atoms with Crippen molar-refractivity contribution in [1.29, 1.82) is 0 Å². The van der Waals surface area contributed by atoms with Crippen molar-refractivity contribution in [2.24, 2.45) is 0 Å². The van der Waals surface area contributed by atoms with Crippen LogP contribution in [0.25, 0.3) is 0 Å². The van der Waals surface area contributed by atoms with E-state index in [1.165, 1.54) is 12.3 Å². The Morgan fingerprint density at radius 2 is 2.08 bits per heavy atom. The summed E-state index contributed by atoms with van der Waals surface area (Å²) in [5.74, 6) is -0.618. The number of carbonyl (C=O) groups excluding carboxylic acids is 1. The molecule has 0 atom stereocenters. The number of aromatic nitrogens is 4. The highest BCUT2D eigenvalue weighted by atomic mass is 79.9. The molecule has 0 spiro atoms. The van der Waals surface area contributed by atoms with E-state index >= 15 is 0 Å². The molecule has 2 aromatic heterocycles. The summed E-state index contributed by atoms with van der Waals surface area (Å²) < 4.78 is 17.5. The molecule has 0 saturated heterocycles. The lowest BCUT2D eigenvalue weighted by Crippen LogP contribution is -2.13. The van der Waals surface area contributed by atoms with Crippen LogP contribution in [0.1, 0.15) is 23.0 Å². The molecule has 8 heteroatoms. The Morgan fingerprint density at radius 3 is 2.79 bits per heavy atom. The highest BCUT2D eigenvalue weighted by Crippen LogP contribution is 2.17. The first-order valence-electron chi connectivity index (χ1n) is 7.37. The zero-order chi connectivity index (χ0) is 17.1. The lowest BCUT2D eigenvalue weighted by Gasteiger charge is -2.03. The third kappa shape index (κ3) is 3.53. The van der Waals surface area contributed by atoms with Gasteiger partial charge in [0.2, 0.25) is 0 Å². The largest absolute Gasteiger partial charge is 0.318 e. The van der Waals surface area contributed by atoms with Crippen LogP contribution in [0, 0.1) is 5.82 Å². The molecule has 2 heterocycles. The topological polar surface area (TPSA) is 64.7 Å². The number of benzene rings is 1. The minimum absolute atomic E-state index is 0.285. The van der Waals surface area contributed by atoms with Gasteiger partial charge in [-0.05, 0) is 28.9 Å². The van der Waals surface area contributed by atoms with Crippen LogP contribution in [-0.4, -0.2) is 25.5 Å². The Kier molecular flexibility index (Phi) is 4.75. The van der Waals surface area contributed by atoms with Crippen LogP contribution in [0.4, 0.5) is 10.1 Å². The molecule has 0 aliphatic rings. The van der Waals surface area contributed by atoms with E-state index in [4.69, 9.17) is 0 Å². The Morgan fingerprint density at radius 1 is 1.29 bits per heavy atom. The van der Waals surface area contributed by atoms with Gasteiger partial charge in [-0.2, -0.15) is 10.2 Å². The third-order valence-corrected chi connectivity index (χ3v) is 4.02. The molecule has 0 aliphatic heterocycles. The first-order valence-corrected chi connectivity index (χ1v) is 8.16. The van der Waals surface area contributed by atoms with Crippen LogP contribution in [0.2, 0.25) is 0 Å². The van der Waals surface area contributed by atoms with Crippen LogP contribution in [0.3, 0.4) is 0 Å². The van der Waals surface area contributed by atoms with Crippen molar-refractivity contribution in [1.82, 2.24) is 19.6 Å². The van der Waals surface area contributed by atoms with Crippen molar-refractivity contribution in [3.63, 3.8) is 0 Å². The molecule has 3 rings (SSSR count). The second-order valence-corrected chi connectivity index (χ2v) is 6.01. The van der Waals surface area contributed by atoms with E-state index in [0.29, 0.717) is 28.0 Å². The monoisotopic (exact) mass is 391 g/mol. The van der Waals surface area contributed by atoms with Gasteiger partial charge in [-0.1, -0.05) is 18.2 Å². The fraction of sp³-hybridized carbons (Fsp3) is 0.188. The van der Waals surface area contributed by atoms with E-state index < -0.39 is 0 Å². The summed E-state index contributed by atoms with van der Waals surface area (Å²) >= 11 is 3.32. The Balaban J connectivity index is 1.70. The maximum absolute atomic E-state index is 13.7. The van der Waals surface area contributed by atoms with E-state index in [1.54, 1.807) is 40.0 Å². The van der Waals surface area contributed by atoms with E-state index in [9.17, 15) is 9.18 Å². The number of rotatable bonds is 5. The van der Waals surface area contributed by atoms with Gasteiger partial charge in [0.1, 0.15) is 5.82 Å². The fourth-order valence-electron chi connectivity index (χ4n) is 2.22. The molecule has 6 nitrogen and oxygen atoms in total. The third-order valence-electron chi connectivity index (χ3n) is 3.44. The summed E-state index contributed by atoms with van der Waals surface area (Å²) in [6.45, 7) is 2.90. The normalized spacial score (nSPS) is 10.8. The van der Waals surface area contributed by atoms with E-state index in [0.717, 1.165) is 0 Å². The minimum Gasteiger partial charge on any atom is -0.318 e. The number of nitrogens with one attached hydrogen (secondary N) is 1. The number of amides is 1. The number of aryl methyl sites for hydroxylation is 1. The van der Waals surface area contributed by atoms with Gasteiger partial charge >= 0.3 is 0 Å². The predicted octanol–water partition coefficient (Wildman–Crippen LogP) is 3.30. The number of nitrogens with zero attached hydrogens (tertiary/aromatic N) is 4. The van der Waals surface area contributed by atoms with Gasteiger partial charge < -0.3 is 5.32 Å². The summed E-state index contributed by atoms with van der Waals surface area (Å²) in [5, 5.41) is 11.1. The minimum atomic E-state index is -0.334. The van der Waals surface area contributed by atoms with Crippen molar-refractivity contribution in [2.45, 2.75) is 20.0 Å². The van der Waals surface area contributed by atoms with Crippen molar-refractivity contribution < 1.29 is 9.18 Å². The summed E-state index contributed by atoms with van der Waals surface area (Å²) in [6.07, 6.45) is 4.91. The Hall–Kier alpha value is -2.48. The fourth-order valence-corrected chi connectivity index (χ4v) is 2.71. The summed E-state index contributed by atoms with van der Waals surface area (Å²) in [4.78, 5) is 12.3. The van der Waals surface area contributed by atoms with E-state index in [2.05, 4.69) is 31.4 Å². The van der Waals surface area contributed by atoms with E-state index in [1.807, 2.05) is 6.92 Å². The lowest BCUT2D eigenvalue weighted by molar-refractivity contribution is 0.102. The SMILES string of the molecule is CCn1cc(Br)c(C(=O)Nc2cnn(Cc3ccccc3F)c2)n1. The molecule has 0 aliphatic carbocycles. The highest BCUT2D eigenvalue weighted by Gasteiger charge is 2.16. The number of hydrogen-bond donors (Lipinski definition) is 1. The molecule has 0 saturated carbocycles. The van der Waals surface area contributed by atoms with Crippen LogP contribution >= 0.6 is 15.9 Å². The van der Waals surface area contributed by atoms with Crippen molar-refractivity contribution in [3.8, 4) is 0 Å². The molecular weight excluding hydrogens is 377 g/mol. The first-order chi connectivity index (χ1) is 11.6. The van der Waals surface area contributed by atoms with Gasteiger partial charge in [-0.3, -0.25) is 14.2 Å². The zero-order valence-electron chi connectivity index (χ0n) is 12.9. The van der Waals surface area contributed by atoms with E-state index in [-0.39, 0.29) is 18.3 Å². The zero-order valence-corrected chi connectivity index (χ0v) is 14.5. The average molecular weight is 392 g/mol. The highest BCUT2D eigenvalue weighted by molar-refractivity contribution is 9.10. The molecule has 1 amide bonds. The molecule has 1 N–H and O–H groups in total. The first kappa shape index (κ1) is 16.4. The van der Waals surface area contributed by atoms with Gasteiger partial charge in [0.25, 0.3) is 5.91 Å². The molecule has 24 heavy (non-hydrogen) atoms. The maximum Gasteiger partial charge on any atom is 0.277 e. The number of carbonyl (C=O) groups is 1. The second-order valence-electron chi connectivity index (χ2n) is 5.15. The average Bonchev–Trinajstić information content (AvgIpc) is 3.16. The van der Waals surface area contributed by atoms with Crippen LogP contribution in [0.15, 0.2) is 47.3 Å². The molecule has 0 bridgehead atoms. The predicted molar refractivity (Wildman–Crippen MR) is 91.3 cm³/mol. The standard InChI is InChI=1S/C16H15BrFN5O/c1-2-22-10-13(17)15(21-22)16(24)20-12-7-19-23(9-12)8-11-5-3-4-6-14(11)18/h3-7,9-10H,2,8H2,1H3,(H,20,24). The van der Waals surface area contributed by atoms with Gasteiger partial charge in [-0.25, -0.2) is 4.39 Å².